The maximum absolute atomic E-state index is 12.2. The van der Waals surface area contributed by atoms with Crippen molar-refractivity contribution in [2.75, 3.05) is 0 Å². The van der Waals surface area contributed by atoms with Gasteiger partial charge in [-0.1, -0.05) is 30.3 Å². The second-order valence-corrected chi connectivity index (χ2v) is 5.64. The number of benzene rings is 2. The Kier molecular flexibility index (Phi) is 5.59. The van der Waals surface area contributed by atoms with Crippen LogP contribution in [0.3, 0.4) is 0 Å². The number of hydrogen-bond donors (Lipinski definition) is 3. The van der Waals surface area contributed by atoms with Crippen molar-refractivity contribution in [2.45, 2.75) is 18.2 Å². The molecule has 6 nitrogen and oxygen atoms in total. The maximum atomic E-state index is 12.2. The van der Waals surface area contributed by atoms with E-state index in [1.807, 2.05) is 31.2 Å². The van der Waals surface area contributed by atoms with Crippen LogP contribution in [-0.4, -0.2) is 17.7 Å². The van der Waals surface area contributed by atoms with Gasteiger partial charge in [0.25, 0.3) is 0 Å². The van der Waals surface area contributed by atoms with Crippen molar-refractivity contribution in [2.24, 2.45) is 16.6 Å². The Morgan fingerprint density at radius 1 is 1.12 bits per heavy atom. The quantitative estimate of drug-likeness (QED) is 0.147. The van der Waals surface area contributed by atoms with Gasteiger partial charge >= 0.3 is 5.97 Å². The first-order valence-corrected chi connectivity index (χ1v) is 7.53. The monoisotopic (exact) mass is 343 g/mol. The maximum Gasteiger partial charge on any atom is 0.342 e. The average Bonchev–Trinajstić information content (AvgIpc) is 2.55. The molecule has 0 heterocycles. The van der Waals surface area contributed by atoms with Crippen LogP contribution in [0.2, 0.25) is 0 Å². The van der Waals surface area contributed by atoms with Gasteiger partial charge < -0.3 is 16.3 Å². The first-order chi connectivity index (χ1) is 11.4. The zero-order valence-corrected chi connectivity index (χ0v) is 13.9. The van der Waals surface area contributed by atoms with E-state index >= 15 is 0 Å². The molecule has 7 heteroatoms. The highest BCUT2D eigenvalue weighted by atomic mass is 32.1. The van der Waals surface area contributed by atoms with Crippen molar-refractivity contribution < 1.29 is 14.4 Å². The van der Waals surface area contributed by atoms with Crippen molar-refractivity contribution in [1.29, 1.82) is 0 Å². The van der Waals surface area contributed by atoms with Gasteiger partial charge in [0, 0.05) is 10.5 Å². The molecule has 0 spiro atoms. The van der Waals surface area contributed by atoms with Crippen LogP contribution in [0.15, 0.2) is 52.5 Å². The first kappa shape index (κ1) is 17.6. The highest BCUT2D eigenvalue weighted by molar-refractivity contribution is 7.80. The number of guanidine groups is 1. The van der Waals surface area contributed by atoms with E-state index < -0.39 is 12.4 Å². The normalized spacial score (nSPS) is 10.1. The Morgan fingerprint density at radius 2 is 1.83 bits per heavy atom. The van der Waals surface area contributed by atoms with E-state index in [0.29, 0.717) is 5.56 Å². The number of nitrogens with two attached hydrogens (primary N) is 2. The lowest BCUT2D eigenvalue weighted by atomic mass is 9.99. The average molecular weight is 343 g/mol. The molecule has 2 rings (SSSR count). The minimum absolute atomic E-state index is 0.379. The number of hydrogen-bond acceptors (Lipinski definition) is 5. The van der Waals surface area contributed by atoms with E-state index in [9.17, 15) is 9.59 Å². The predicted molar refractivity (Wildman–Crippen MR) is 94.7 cm³/mol. The van der Waals surface area contributed by atoms with E-state index in [0.717, 1.165) is 21.6 Å². The number of aryl methyl sites for hydroxylation is 1. The molecule has 124 valence electrons. The minimum Gasteiger partial charge on any atom is -0.367 e. The molecule has 0 radical (unpaired) electrons. The molecule has 0 bridgehead atoms. The van der Waals surface area contributed by atoms with Gasteiger partial charge in [-0.05, 0) is 40.9 Å². The summed E-state index contributed by atoms with van der Waals surface area (Å²) in [5.41, 5.74) is 13.4. The molecule has 0 atom stereocenters. The van der Waals surface area contributed by atoms with Gasteiger partial charge in [0.1, 0.15) is 6.42 Å². The molecular formula is C17H17N3O3S. The molecular weight excluding hydrogens is 326 g/mol. The molecule has 0 saturated carbocycles. The minimum atomic E-state index is -0.825. The van der Waals surface area contributed by atoms with Crippen molar-refractivity contribution >= 4 is 30.3 Å². The molecule has 2 aromatic rings. The Balaban J connectivity index is 2.17. The summed E-state index contributed by atoms with van der Waals surface area (Å²) in [4.78, 5) is 29.0. The Bertz CT molecular complexity index is 814. The number of oxime groups is 1. The number of ketones is 1. The molecule has 0 amide bonds. The SMILES string of the molecule is Cc1cc(-c2cccc(C(=O)CC(=O)ON=C(N)N)c2)ccc1S. The van der Waals surface area contributed by atoms with Crippen LogP contribution >= 0.6 is 12.6 Å². The second-order valence-electron chi connectivity index (χ2n) is 5.16. The topological polar surface area (TPSA) is 108 Å². The molecule has 0 unspecified atom stereocenters. The fourth-order valence-corrected chi connectivity index (χ4v) is 2.22. The lowest BCUT2D eigenvalue weighted by molar-refractivity contribution is -0.142. The lowest BCUT2D eigenvalue weighted by Gasteiger charge is -2.07. The Morgan fingerprint density at radius 3 is 2.50 bits per heavy atom. The van der Waals surface area contributed by atoms with E-state index in [1.165, 1.54) is 0 Å². The van der Waals surface area contributed by atoms with Crippen LogP contribution in [0.1, 0.15) is 22.3 Å². The standard InChI is InChI=1S/C17H17N3O3S/c1-10-7-12(5-6-15(10)24)11-3-2-4-13(8-11)14(21)9-16(22)23-20-17(18)19/h2-8,24H,9H2,1H3,(H4,18,19,20). The number of carbonyl (C=O) groups excluding carboxylic acids is 2. The number of carbonyl (C=O) groups is 2. The van der Waals surface area contributed by atoms with Gasteiger partial charge in [0.15, 0.2) is 5.78 Å². The van der Waals surface area contributed by atoms with E-state index in [1.54, 1.807) is 18.2 Å². The van der Waals surface area contributed by atoms with Crippen LogP contribution in [-0.2, 0) is 9.63 Å². The molecule has 0 aliphatic carbocycles. The molecule has 0 aliphatic heterocycles. The van der Waals surface area contributed by atoms with Crippen molar-refractivity contribution in [1.82, 2.24) is 0 Å². The summed E-state index contributed by atoms with van der Waals surface area (Å²) in [7, 11) is 0. The summed E-state index contributed by atoms with van der Waals surface area (Å²) in [6.45, 7) is 1.96. The molecule has 0 saturated heterocycles. The third-order valence-electron chi connectivity index (χ3n) is 3.27. The highest BCUT2D eigenvalue weighted by Gasteiger charge is 2.14. The summed E-state index contributed by atoms with van der Waals surface area (Å²) >= 11 is 4.35. The fourth-order valence-electron chi connectivity index (χ4n) is 2.08. The van der Waals surface area contributed by atoms with Crippen LogP contribution in [0, 0.1) is 6.92 Å². The number of rotatable bonds is 5. The van der Waals surface area contributed by atoms with Crippen LogP contribution in [0.4, 0.5) is 0 Å². The van der Waals surface area contributed by atoms with Crippen LogP contribution in [0.5, 0.6) is 0 Å². The summed E-state index contributed by atoms with van der Waals surface area (Å²) in [6.07, 6.45) is -0.450. The zero-order valence-electron chi connectivity index (χ0n) is 13.0. The Hall–Kier alpha value is -2.80. The first-order valence-electron chi connectivity index (χ1n) is 7.09. The van der Waals surface area contributed by atoms with Gasteiger partial charge in [0.2, 0.25) is 5.96 Å². The molecule has 0 aromatic heterocycles. The second kappa shape index (κ2) is 7.65. The van der Waals surface area contributed by atoms with Gasteiger partial charge in [-0.25, -0.2) is 4.79 Å². The third kappa shape index (κ3) is 4.60. The number of Topliss-reactive ketones (excluding diaryl/α,β-unsaturated/α-hetero) is 1. The highest BCUT2D eigenvalue weighted by Crippen LogP contribution is 2.25. The largest absolute Gasteiger partial charge is 0.367 e. The summed E-state index contributed by atoms with van der Waals surface area (Å²) in [5.74, 6) is -1.59. The predicted octanol–water partition coefficient (Wildman–Crippen LogP) is 2.26. The number of thiol groups is 1. The zero-order chi connectivity index (χ0) is 17.7. The van der Waals surface area contributed by atoms with Gasteiger partial charge in [-0.15, -0.1) is 12.6 Å². The van der Waals surface area contributed by atoms with E-state index in [4.69, 9.17) is 11.5 Å². The fraction of sp³-hybridized carbons (Fsp3) is 0.118. The lowest BCUT2D eigenvalue weighted by Crippen LogP contribution is -2.23. The van der Waals surface area contributed by atoms with E-state index in [-0.39, 0.29) is 11.7 Å². The summed E-state index contributed by atoms with van der Waals surface area (Å²) in [6, 6.07) is 12.8. The Labute approximate surface area is 144 Å². The number of nitrogens with zero attached hydrogens (tertiary/aromatic N) is 1. The van der Waals surface area contributed by atoms with Crippen LogP contribution < -0.4 is 11.5 Å². The van der Waals surface area contributed by atoms with Gasteiger partial charge in [-0.2, -0.15) is 0 Å². The third-order valence-corrected chi connectivity index (χ3v) is 3.77. The molecule has 0 fully saturated rings. The molecule has 4 N–H and O–H groups in total. The van der Waals surface area contributed by atoms with Gasteiger partial charge in [0.05, 0.1) is 0 Å². The van der Waals surface area contributed by atoms with Gasteiger partial charge in [-0.3, -0.25) is 4.79 Å². The van der Waals surface area contributed by atoms with Crippen molar-refractivity contribution in [3.63, 3.8) is 0 Å². The van der Waals surface area contributed by atoms with Crippen LogP contribution in [0.25, 0.3) is 11.1 Å². The van der Waals surface area contributed by atoms with E-state index in [2.05, 4.69) is 22.6 Å². The van der Waals surface area contributed by atoms with Crippen molar-refractivity contribution in [3.05, 3.63) is 53.6 Å². The smallest absolute Gasteiger partial charge is 0.342 e. The summed E-state index contributed by atoms with van der Waals surface area (Å²) in [5, 5.41) is 3.12. The molecule has 2 aromatic carbocycles. The molecule has 24 heavy (non-hydrogen) atoms. The van der Waals surface area contributed by atoms with Crippen molar-refractivity contribution in [3.8, 4) is 11.1 Å². The molecule has 0 aliphatic rings. The summed E-state index contributed by atoms with van der Waals surface area (Å²) < 4.78 is 0.